The topological polar surface area (TPSA) is 62.8 Å². The molecule has 5 aromatic heterocycles. The summed E-state index contributed by atoms with van der Waals surface area (Å²) < 4.78 is 9.61. The van der Waals surface area contributed by atoms with Crippen molar-refractivity contribution in [1.29, 1.82) is 0 Å². The van der Waals surface area contributed by atoms with Crippen LogP contribution in [0.2, 0.25) is 0 Å². The molecule has 0 N–H and O–H groups in total. The number of rotatable bonds is 8. The van der Waals surface area contributed by atoms with Gasteiger partial charge in [-0.1, -0.05) is 188 Å². The van der Waals surface area contributed by atoms with Crippen molar-refractivity contribution in [1.82, 2.24) is 33.2 Å². The van der Waals surface area contributed by atoms with Crippen LogP contribution in [0.15, 0.2) is 279 Å². The zero-order valence-corrected chi connectivity index (χ0v) is 45.1. The first-order valence-corrected chi connectivity index (χ1v) is 28.2. The highest BCUT2D eigenvalue weighted by Crippen LogP contribution is 2.46. The lowest BCUT2D eigenvalue weighted by atomic mass is 9.97. The van der Waals surface area contributed by atoms with E-state index >= 15 is 0 Å². The number of hydrogen-bond donors (Lipinski definition) is 0. The molecule has 390 valence electrons. The molecule has 5 heterocycles. The van der Waals surface area contributed by atoms with Crippen LogP contribution in [-0.4, -0.2) is 33.2 Å². The van der Waals surface area contributed by atoms with Crippen molar-refractivity contribution in [2.75, 3.05) is 0 Å². The van der Waals surface area contributed by atoms with Crippen LogP contribution in [0.25, 0.3) is 160 Å². The zero-order valence-electron chi connectivity index (χ0n) is 45.1. The van der Waals surface area contributed by atoms with Crippen molar-refractivity contribution in [3.8, 4) is 68.0 Å². The molecule has 0 bridgehead atoms. The van der Waals surface area contributed by atoms with E-state index in [9.17, 15) is 0 Å². The van der Waals surface area contributed by atoms with Crippen molar-refractivity contribution in [3.05, 3.63) is 290 Å². The number of benzene rings is 12. The van der Waals surface area contributed by atoms with Gasteiger partial charge in [0.15, 0.2) is 23.2 Å². The zero-order chi connectivity index (χ0) is 55.4. The monoisotopic (exact) mass is 1070 g/mol. The molecule has 0 atom stereocenters. The lowest BCUT2D eigenvalue weighted by molar-refractivity contribution is 1.07. The number of fused-ring (bicyclic) bond motifs is 12. The molecule has 8 nitrogen and oxygen atoms in total. The predicted molar refractivity (Wildman–Crippen MR) is 345 cm³/mol. The van der Waals surface area contributed by atoms with E-state index in [0.717, 1.165) is 116 Å². The second-order valence-corrected chi connectivity index (χ2v) is 21.4. The van der Waals surface area contributed by atoms with Gasteiger partial charge in [-0.25, -0.2) is 19.8 Å². The van der Waals surface area contributed by atoms with Gasteiger partial charge in [-0.15, -0.1) is 0 Å². The Balaban J connectivity index is 0.994. The summed E-state index contributed by atoms with van der Waals surface area (Å²) in [5, 5.41) is 9.26. The Morgan fingerprint density at radius 2 is 0.619 bits per heavy atom. The third-order valence-corrected chi connectivity index (χ3v) is 16.8. The second-order valence-electron chi connectivity index (χ2n) is 21.4. The van der Waals surface area contributed by atoms with Gasteiger partial charge in [0.2, 0.25) is 0 Å². The third kappa shape index (κ3) is 7.23. The van der Waals surface area contributed by atoms with Crippen LogP contribution in [0.1, 0.15) is 0 Å². The van der Waals surface area contributed by atoms with Gasteiger partial charge in [-0.2, -0.15) is 0 Å². The molecule has 0 spiro atoms. The smallest absolute Gasteiger partial charge is 0.188 e. The molecule has 0 aliphatic carbocycles. The molecular weight excluding hydrogens is 1020 g/mol. The van der Waals surface area contributed by atoms with E-state index < -0.39 is 0 Å². The van der Waals surface area contributed by atoms with Gasteiger partial charge in [-0.05, 0) is 96.6 Å². The summed E-state index contributed by atoms with van der Waals surface area (Å²) in [7, 11) is 0. The van der Waals surface area contributed by atoms with Crippen molar-refractivity contribution >= 4 is 92.9 Å². The molecular formula is C76H46N8. The fourth-order valence-electron chi connectivity index (χ4n) is 13.1. The predicted octanol–water partition coefficient (Wildman–Crippen LogP) is 19.5. The molecule has 0 radical (unpaired) electrons. The molecule has 0 aliphatic heterocycles. The van der Waals surface area contributed by atoms with Crippen molar-refractivity contribution in [2.45, 2.75) is 0 Å². The van der Waals surface area contributed by atoms with Crippen LogP contribution in [0, 0.1) is 6.57 Å². The highest BCUT2D eigenvalue weighted by atomic mass is 15.1. The maximum Gasteiger partial charge on any atom is 0.188 e. The minimum Gasteiger partial charge on any atom is -0.309 e. The first-order valence-electron chi connectivity index (χ1n) is 28.2. The summed E-state index contributed by atoms with van der Waals surface area (Å²) >= 11 is 0. The fraction of sp³-hybridized carbons (Fsp3) is 0. The van der Waals surface area contributed by atoms with Crippen LogP contribution in [0.5, 0.6) is 0 Å². The lowest BCUT2D eigenvalue weighted by Gasteiger charge is -2.20. The number of aromatic nitrogens is 7. The highest BCUT2D eigenvalue weighted by molar-refractivity contribution is 6.21. The molecule has 0 saturated carbocycles. The minimum absolute atomic E-state index is 0.532. The lowest BCUT2D eigenvalue weighted by Crippen LogP contribution is -2.04. The Kier molecular flexibility index (Phi) is 10.5. The molecule has 0 fully saturated rings. The van der Waals surface area contributed by atoms with Crippen LogP contribution < -0.4 is 0 Å². The van der Waals surface area contributed by atoms with Crippen molar-refractivity contribution in [2.24, 2.45) is 0 Å². The molecule has 84 heavy (non-hydrogen) atoms. The Labute approximate surface area is 482 Å². The van der Waals surface area contributed by atoms with Gasteiger partial charge >= 0.3 is 0 Å². The van der Waals surface area contributed by atoms with Crippen LogP contribution in [0.4, 0.5) is 5.69 Å². The van der Waals surface area contributed by atoms with Crippen LogP contribution in [-0.2, 0) is 0 Å². The molecule has 0 unspecified atom stereocenters. The average Bonchev–Trinajstić information content (AvgIpc) is 3.35. The summed E-state index contributed by atoms with van der Waals surface area (Å²) in [6, 6.07) is 98.7. The van der Waals surface area contributed by atoms with E-state index in [1.165, 1.54) is 21.5 Å². The molecule has 0 aliphatic rings. The molecule has 12 aromatic carbocycles. The van der Waals surface area contributed by atoms with E-state index in [1.54, 1.807) is 0 Å². The molecule has 8 heteroatoms. The standard InChI is InChI=1S/C76H46N8/c1-77-51-39-41-68(83-66-36-20-16-32-56(66)62-44-60-54-30-14-18-34-64(54)81(70(60)46-72(62)83)52-26-10-4-11-27-52)59(43-51)58-40-38-50(76-79-74(48-22-6-2-7-23-48)78-75(80-76)49-24-8-3-9-25-49)42-69(58)84-67-37-21-17-33-57(67)63-45-61-55-31-15-19-35-65(55)82(71(61)47-73(63)84)53-28-12-5-13-29-53/h2-47H. The normalized spacial score (nSPS) is 11.8. The summed E-state index contributed by atoms with van der Waals surface area (Å²) in [5.74, 6) is 1.70. The molecule has 0 saturated heterocycles. The largest absolute Gasteiger partial charge is 0.309 e. The molecule has 0 amide bonds. The van der Waals surface area contributed by atoms with E-state index in [0.29, 0.717) is 23.2 Å². The number of para-hydroxylation sites is 6. The van der Waals surface area contributed by atoms with Gasteiger partial charge in [0.05, 0.1) is 62.1 Å². The summed E-state index contributed by atoms with van der Waals surface area (Å²) in [6.45, 7) is 8.60. The van der Waals surface area contributed by atoms with E-state index in [-0.39, 0.29) is 0 Å². The van der Waals surface area contributed by atoms with Gasteiger partial charge in [-0.3, -0.25) is 0 Å². The van der Waals surface area contributed by atoms with Gasteiger partial charge in [0, 0.05) is 76.7 Å². The number of nitrogens with zero attached hydrogens (tertiary/aromatic N) is 8. The quantitative estimate of drug-likeness (QED) is 0.142. The molecule has 17 aromatic rings. The maximum absolute atomic E-state index is 8.60. The van der Waals surface area contributed by atoms with E-state index in [2.05, 4.69) is 235 Å². The summed E-state index contributed by atoms with van der Waals surface area (Å²) in [4.78, 5) is 19.8. The Morgan fingerprint density at radius 1 is 0.250 bits per heavy atom. The van der Waals surface area contributed by atoms with Gasteiger partial charge in [0.25, 0.3) is 0 Å². The van der Waals surface area contributed by atoms with E-state index in [1.807, 2.05) is 66.7 Å². The van der Waals surface area contributed by atoms with Crippen LogP contribution >= 0.6 is 0 Å². The van der Waals surface area contributed by atoms with Gasteiger partial charge in [0.1, 0.15) is 0 Å². The highest BCUT2D eigenvalue weighted by Gasteiger charge is 2.26. The summed E-state index contributed by atoms with van der Waals surface area (Å²) in [5.41, 5.74) is 17.6. The van der Waals surface area contributed by atoms with E-state index in [4.69, 9.17) is 21.5 Å². The average molecular weight is 1070 g/mol. The van der Waals surface area contributed by atoms with Crippen molar-refractivity contribution < 1.29 is 0 Å². The first-order chi connectivity index (χ1) is 41.6. The minimum atomic E-state index is 0.532. The van der Waals surface area contributed by atoms with Crippen LogP contribution in [0.3, 0.4) is 0 Å². The second kappa shape index (κ2) is 18.7. The third-order valence-electron chi connectivity index (χ3n) is 16.8. The fourth-order valence-corrected chi connectivity index (χ4v) is 13.1. The SMILES string of the molecule is [C-]#[N+]c1ccc(-n2c3ccccc3c3cc4c5ccccc5n(-c5ccccc5)c4cc32)c(-c2ccc(-c3nc(-c4ccccc4)nc(-c4ccccc4)n3)cc2-n2c3ccccc3c3cc4c5ccccc5n(-c5ccccc5)c4cc32)c1. The summed E-state index contributed by atoms with van der Waals surface area (Å²) in [6.07, 6.45) is 0. The maximum atomic E-state index is 8.60. The first kappa shape index (κ1) is 47.2. The van der Waals surface area contributed by atoms with Gasteiger partial charge < -0.3 is 18.3 Å². The number of hydrogen-bond acceptors (Lipinski definition) is 3. The Hall–Kier alpha value is -11.7. The molecule has 17 rings (SSSR count). The Bertz CT molecular complexity index is 5490. The Morgan fingerprint density at radius 3 is 1.06 bits per heavy atom. The van der Waals surface area contributed by atoms with Crippen molar-refractivity contribution in [3.63, 3.8) is 0 Å².